The van der Waals surface area contributed by atoms with E-state index in [9.17, 15) is 10.6 Å². The fourth-order valence-corrected chi connectivity index (χ4v) is 7.65. The highest BCUT2D eigenvalue weighted by Gasteiger charge is 2.54. The number of hydrogen-bond acceptors (Lipinski definition) is 8. The normalized spacial score (nSPS) is 15.5. The zero-order valence-corrected chi connectivity index (χ0v) is 35.3. The topological polar surface area (TPSA) is 147 Å². The van der Waals surface area contributed by atoms with Gasteiger partial charge in [-0.25, -0.2) is 4.99 Å². The van der Waals surface area contributed by atoms with E-state index in [0.29, 0.717) is 71.1 Å². The number of ether oxygens (including phenoxy) is 4. The maximum absolute atomic E-state index is 15.1. The van der Waals surface area contributed by atoms with Crippen LogP contribution in [0.25, 0.3) is 10.4 Å². The molecule has 7 rings (SSSR count). The van der Waals surface area contributed by atoms with Gasteiger partial charge in [0, 0.05) is 52.1 Å². The molecule has 1 aliphatic heterocycles. The molecule has 1 heterocycles. The zero-order chi connectivity index (χ0) is 43.2. The number of carbonyl (C=O) groups excluding carboxylic acids is 1. The molecule has 0 radical (unpaired) electrons. The monoisotopic (exact) mass is 869 g/mol. The minimum absolute atomic E-state index is 0.0220. The number of halogens is 2. The van der Waals surface area contributed by atoms with Gasteiger partial charge in [-0.05, 0) is 88.3 Å². The van der Waals surface area contributed by atoms with Gasteiger partial charge in [-0.2, -0.15) is 0 Å². The summed E-state index contributed by atoms with van der Waals surface area (Å²) in [6.45, 7) is 1.42. The molecule has 0 aromatic heterocycles. The number of aliphatic imine (C=N–C) groups is 1. The third-order valence-electron chi connectivity index (χ3n) is 10.3. The van der Waals surface area contributed by atoms with Crippen molar-refractivity contribution in [3.8, 4) is 17.2 Å². The molecule has 0 fully saturated rings. The van der Waals surface area contributed by atoms with Crippen molar-refractivity contribution >= 4 is 35.0 Å². The van der Waals surface area contributed by atoms with E-state index in [1.807, 2.05) is 115 Å². The summed E-state index contributed by atoms with van der Waals surface area (Å²) in [6.07, 6.45) is 0.0418. The highest BCUT2D eigenvalue weighted by atomic mass is 35.5. The second-order valence-corrected chi connectivity index (χ2v) is 15.5. The third kappa shape index (κ3) is 11.1. The van der Waals surface area contributed by atoms with Gasteiger partial charge in [-0.15, -0.1) is 0 Å². The molecule has 6 aromatic rings. The first-order valence-electron chi connectivity index (χ1n) is 20.2. The predicted molar refractivity (Wildman–Crippen MR) is 241 cm³/mol. The van der Waals surface area contributed by atoms with E-state index in [1.165, 1.54) is 0 Å². The van der Waals surface area contributed by atoms with Crippen LogP contribution in [0.5, 0.6) is 17.2 Å². The van der Waals surface area contributed by atoms with E-state index in [-0.39, 0.29) is 32.0 Å². The fourth-order valence-electron chi connectivity index (χ4n) is 7.14. The first kappa shape index (κ1) is 43.6. The first-order valence-corrected chi connectivity index (χ1v) is 21.0. The van der Waals surface area contributed by atoms with E-state index < -0.39 is 17.6 Å². The minimum Gasteiger partial charge on any atom is -0.494 e. The molecule has 0 saturated carbocycles. The van der Waals surface area contributed by atoms with Gasteiger partial charge in [0.1, 0.15) is 19.0 Å². The lowest BCUT2D eigenvalue weighted by Crippen LogP contribution is -2.50. The molecule has 6 aromatic carbocycles. The Bertz CT molecular complexity index is 2520. The molecule has 316 valence electrons. The quantitative estimate of drug-likeness (QED) is 0.0338. The van der Waals surface area contributed by atoms with Gasteiger partial charge in [0.2, 0.25) is 5.90 Å². The molecule has 0 aliphatic carbocycles. The van der Waals surface area contributed by atoms with Gasteiger partial charge in [-0.3, -0.25) is 4.79 Å². The lowest BCUT2D eigenvalue weighted by Gasteiger charge is -2.32. The van der Waals surface area contributed by atoms with Crippen LogP contribution in [0.3, 0.4) is 0 Å². The maximum atomic E-state index is 15.1. The van der Waals surface area contributed by atoms with Gasteiger partial charge >= 0.3 is 0 Å². The van der Waals surface area contributed by atoms with Crippen molar-refractivity contribution in [1.29, 1.82) is 0 Å². The lowest BCUT2D eigenvalue weighted by atomic mass is 9.80. The van der Waals surface area contributed by atoms with Crippen LogP contribution in [0, 0.1) is 0 Å². The third-order valence-corrected chi connectivity index (χ3v) is 10.9. The average molecular weight is 871 g/mol. The molecule has 0 saturated heterocycles. The summed E-state index contributed by atoms with van der Waals surface area (Å²) in [6, 6.07) is 45.4. The van der Waals surface area contributed by atoms with E-state index in [1.54, 1.807) is 30.3 Å². The number of nitrogens with one attached hydrogen (secondary N) is 1. The van der Waals surface area contributed by atoms with Crippen LogP contribution in [0.15, 0.2) is 156 Å². The predicted octanol–water partition coefficient (Wildman–Crippen LogP) is 10.6. The van der Waals surface area contributed by atoms with Crippen molar-refractivity contribution < 1.29 is 28.8 Å². The Hall–Kier alpha value is -6.49. The zero-order valence-electron chi connectivity index (χ0n) is 33.8. The van der Waals surface area contributed by atoms with Gasteiger partial charge in [0.15, 0.2) is 23.1 Å². The molecular weight excluding hydrogens is 825 g/mol. The van der Waals surface area contributed by atoms with Crippen LogP contribution in [0.4, 0.5) is 0 Å². The van der Waals surface area contributed by atoms with E-state index >= 15 is 4.79 Å². The molecule has 0 unspecified atom stereocenters. The van der Waals surface area contributed by atoms with Crippen molar-refractivity contribution in [1.82, 2.24) is 5.32 Å². The summed E-state index contributed by atoms with van der Waals surface area (Å²) < 4.78 is 25.0. The van der Waals surface area contributed by atoms with Gasteiger partial charge < -0.3 is 29.4 Å². The Labute approximate surface area is 370 Å². The number of rotatable bonds is 20. The Balaban J connectivity index is 1.20. The van der Waals surface area contributed by atoms with Gasteiger partial charge in [0.25, 0.3) is 5.91 Å². The number of carbonyl (C=O) groups is 1. The molecular formula is C49H45Cl2N5O6. The van der Waals surface area contributed by atoms with Crippen LogP contribution in [-0.4, -0.2) is 42.2 Å². The molecule has 1 aliphatic rings. The van der Waals surface area contributed by atoms with E-state index in [0.717, 1.165) is 27.8 Å². The Morgan fingerprint density at radius 2 is 1.47 bits per heavy atom. The second kappa shape index (κ2) is 21.3. The summed E-state index contributed by atoms with van der Waals surface area (Å²) in [5, 5.41) is 16.9. The van der Waals surface area contributed by atoms with E-state index in [4.69, 9.17) is 47.1 Å². The number of hydrogen-bond donors (Lipinski definition) is 2. The molecule has 11 nitrogen and oxygen atoms in total. The number of benzene rings is 6. The summed E-state index contributed by atoms with van der Waals surface area (Å²) in [5.74, 6) is 1.64. The van der Waals surface area contributed by atoms with Crippen LogP contribution >= 0.6 is 23.2 Å². The smallest absolute Gasteiger partial charge is 0.252 e. The summed E-state index contributed by atoms with van der Waals surface area (Å²) in [4.78, 5) is 23.2. The van der Waals surface area contributed by atoms with E-state index in [2.05, 4.69) is 15.3 Å². The van der Waals surface area contributed by atoms with Crippen molar-refractivity contribution in [2.75, 3.05) is 19.8 Å². The van der Waals surface area contributed by atoms with Crippen LogP contribution in [-0.2, 0) is 42.1 Å². The Morgan fingerprint density at radius 3 is 2.15 bits per heavy atom. The molecule has 62 heavy (non-hydrogen) atoms. The molecule has 1 amide bonds. The molecule has 0 bridgehead atoms. The van der Waals surface area contributed by atoms with Crippen LogP contribution in [0.2, 0.25) is 10.0 Å². The first-order chi connectivity index (χ1) is 30.3. The molecule has 2 N–H and O–H groups in total. The SMILES string of the molecule is [N-]=[N+]=NCc1ccccc1C[C@@]1(C(=O)NCCc2ccc(OCc3ccccc3)c(OCc3ccccc3)c2)N=C(c2ccc(OCCCO)cc2)O[C@@H]1c1ccc(Cl)cc1Cl. The fraction of sp³-hybridized carbons (Fsp3) is 0.224. The second-order valence-electron chi connectivity index (χ2n) is 14.6. The highest BCUT2D eigenvalue weighted by Crippen LogP contribution is 2.45. The standard InChI is InChI=1S/C49H45Cl2N5O6/c50-40-19-22-42(43(51)29-40)46-49(30-38-14-7-8-15-39(38)31-54-56-52,55-47(62-46)37-17-20-41(21-18-37)59-27-9-26-57)48(58)53-25-24-34-16-23-44(60-32-35-10-3-1-4-11-35)45(28-34)61-33-36-12-5-2-6-13-36/h1-8,10-23,28-29,46,57H,9,24-27,30-33H2,(H,53,58)/t46-,49-/m1/s1. The van der Waals surface area contributed by atoms with Crippen molar-refractivity contribution in [2.45, 2.75) is 50.7 Å². The Kier molecular flexibility index (Phi) is 15.0. The Morgan fingerprint density at radius 1 is 0.790 bits per heavy atom. The van der Waals surface area contributed by atoms with Gasteiger partial charge in [-0.1, -0.05) is 125 Å². The minimum atomic E-state index is -1.59. The molecule has 2 atom stereocenters. The number of amides is 1. The number of azide groups is 1. The largest absolute Gasteiger partial charge is 0.494 e. The molecule has 0 spiro atoms. The van der Waals surface area contributed by atoms with Crippen LogP contribution in [0.1, 0.15) is 51.5 Å². The van der Waals surface area contributed by atoms with Gasteiger partial charge in [0.05, 0.1) is 13.2 Å². The van der Waals surface area contributed by atoms with Crippen molar-refractivity contribution in [3.63, 3.8) is 0 Å². The number of aliphatic hydroxyl groups excluding tert-OH is 1. The van der Waals surface area contributed by atoms with Crippen molar-refractivity contribution in [2.24, 2.45) is 10.1 Å². The number of aliphatic hydroxyl groups is 1. The number of nitrogens with zero attached hydrogens (tertiary/aromatic N) is 4. The highest BCUT2D eigenvalue weighted by molar-refractivity contribution is 6.35. The van der Waals surface area contributed by atoms with Crippen molar-refractivity contribution in [3.05, 3.63) is 205 Å². The lowest BCUT2D eigenvalue weighted by molar-refractivity contribution is -0.128. The van der Waals surface area contributed by atoms with Crippen LogP contribution < -0.4 is 19.5 Å². The summed E-state index contributed by atoms with van der Waals surface area (Å²) in [7, 11) is 0. The summed E-state index contributed by atoms with van der Waals surface area (Å²) in [5.41, 5.74) is 13.2. The average Bonchev–Trinajstić information content (AvgIpc) is 3.68. The molecule has 13 heteroatoms. The summed E-state index contributed by atoms with van der Waals surface area (Å²) >= 11 is 13.3. The maximum Gasteiger partial charge on any atom is 0.252 e.